The van der Waals surface area contributed by atoms with Gasteiger partial charge < -0.3 is 4.40 Å². The summed E-state index contributed by atoms with van der Waals surface area (Å²) in [7, 11) is 2.13. The van der Waals surface area contributed by atoms with Crippen LogP contribution in [0.5, 0.6) is 0 Å². The van der Waals surface area contributed by atoms with E-state index in [-0.39, 0.29) is 0 Å². The predicted octanol–water partition coefficient (Wildman–Crippen LogP) is 3.03. The highest BCUT2D eigenvalue weighted by molar-refractivity contribution is 7.09. The number of hydrogen-bond donors (Lipinski definition) is 0. The first-order valence-electron chi connectivity index (χ1n) is 5.95. The number of pyridine rings is 1. The van der Waals surface area contributed by atoms with Gasteiger partial charge in [0.05, 0.1) is 5.69 Å². The van der Waals surface area contributed by atoms with Gasteiger partial charge in [0, 0.05) is 30.4 Å². The third kappa shape index (κ3) is 2.44. The predicted molar refractivity (Wildman–Crippen MR) is 74.7 cm³/mol. The Morgan fingerprint density at radius 3 is 2.94 bits per heavy atom. The average Bonchev–Trinajstić information content (AvgIpc) is 2.96. The van der Waals surface area contributed by atoms with Gasteiger partial charge in [-0.1, -0.05) is 12.1 Å². The van der Waals surface area contributed by atoms with Crippen molar-refractivity contribution in [2.45, 2.75) is 13.1 Å². The zero-order valence-corrected chi connectivity index (χ0v) is 11.1. The summed E-state index contributed by atoms with van der Waals surface area (Å²) in [5, 5.41) is 2.12. The van der Waals surface area contributed by atoms with Crippen molar-refractivity contribution in [2.24, 2.45) is 0 Å². The van der Waals surface area contributed by atoms with E-state index in [0.29, 0.717) is 0 Å². The number of aromatic nitrogens is 2. The van der Waals surface area contributed by atoms with Crippen molar-refractivity contribution in [1.29, 1.82) is 0 Å². The molecule has 0 aliphatic rings. The maximum absolute atomic E-state index is 4.61. The summed E-state index contributed by atoms with van der Waals surface area (Å²) >= 11 is 1.80. The number of nitrogens with zero attached hydrogens (tertiary/aromatic N) is 3. The molecule has 3 rings (SSSR count). The van der Waals surface area contributed by atoms with Crippen molar-refractivity contribution in [3.63, 3.8) is 0 Å². The van der Waals surface area contributed by atoms with Gasteiger partial charge in [-0.15, -0.1) is 11.3 Å². The molecule has 0 aliphatic carbocycles. The summed E-state index contributed by atoms with van der Waals surface area (Å²) in [6, 6.07) is 10.3. The largest absolute Gasteiger partial charge is 0.307 e. The van der Waals surface area contributed by atoms with E-state index in [1.165, 1.54) is 4.88 Å². The van der Waals surface area contributed by atoms with Gasteiger partial charge in [0.2, 0.25) is 0 Å². The molecule has 0 aliphatic heterocycles. The second kappa shape index (κ2) is 4.92. The van der Waals surface area contributed by atoms with Crippen LogP contribution in [0, 0.1) is 0 Å². The van der Waals surface area contributed by atoms with Crippen LogP contribution < -0.4 is 0 Å². The first-order chi connectivity index (χ1) is 8.81. The van der Waals surface area contributed by atoms with Gasteiger partial charge in [-0.05, 0) is 30.6 Å². The molecule has 0 amide bonds. The molecule has 0 spiro atoms. The smallest absolute Gasteiger partial charge is 0.137 e. The first-order valence-corrected chi connectivity index (χ1v) is 6.83. The van der Waals surface area contributed by atoms with Crippen LogP contribution in [0.3, 0.4) is 0 Å². The summed E-state index contributed by atoms with van der Waals surface area (Å²) < 4.78 is 2.06. The Morgan fingerprint density at radius 2 is 2.17 bits per heavy atom. The maximum Gasteiger partial charge on any atom is 0.137 e. The second-order valence-electron chi connectivity index (χ2n) is 4.45. The number of fused-ring (bicyclic) bond motifs is 1. The monoisotopic (exact) mass is 257 g/mol. The van der Waals surface area contributed by atoms with Gasteiger partial charge in [-0.2, -0.15) is 0 Å². The Kier molecular flexibility index (Phi) is 3.13. The Labute approximate surface area is 110 Å². The number of rotatable bonds is 4. The van der Waals surface area contributed by atoms with Gasteiger partial charge in [0.1, 0.15) is 5.65 Å². The Balaban J connectivity index is 1.71. The third-order valence-corrected chi connectivity index (χ3v) is 3.71. The van der Waals surface area contributed by atoms with Crippen LogP contribution in [-0.2, 0) is 13.1 Å². The lowest BCUT2D eigenvalue weighted by atomic mass is 10.4. The van der Waals surface area contributed by atoms with Crippen LogP contribution in [0.15, 0.2) is 48.1 Å². The highest BCUT2D eigenvalue weighted by atomic mass is 32.1. The fraction of sp³-hybridized carbons (Fsp3) is 0.214. The second-order valence-corrected chi connectivity index (χ2v) is 5.48. The van der Waals surface area contributed by atoms with E-state index in [0.717, 1.165) is 24.4 Å². The molecular weight excluding hydrogens is 242 g/mol. The van der Waals surface area contributed by atoms with E-state index in [9.17, 15) is 0 Å². The molecule has 0 aromatic carbocycles. The van der Waals surface area contributed by atoms with Crippen LogP contribution in [0.2, 0.25) is 0 Å². The topological polar surface area (TPSA) is 20.5 Å². The summed E-state index contributed by atoms with van der Waals surface area (Å²) in [6.07, 6.45) is 4.13. The van der Waals surface area contributed by atoms with Crippen molar-refractivity contribution in [3.8, 4) is 0 Å². The molecule has 4 heteroatoms. The molecule has 0 fully saturated rings. The molecule has 3 aromatic heterocycles. The first kappa shape index (κ1) is 11.4. The van der Waals surface area contributed by atoms with Crippen LogP contribution in [0.1, 0.15) is 10.6 Å². The zero-order valence-electron chi connectivity index (χ0n) is 10.3. The lowest BCUT2D eigenvalue weighted by Gasteiger charge is -2.13. The lowest BCUT2D eigenvalue weighted by Crippen LogP contribution is -2.16. The molecule has 18 heavy (non-hydrogen) atoms. The number of thiophene rings is 1. The lowest BCUT2D eigenvalue weighted by molar-refractivity contribution is 0.318. The van der Waals surface area contributed by atoms with Crippen molar-refractivity contribution in [3.05, 3.63) is 58.7 Å². The van der Waals surface area contributed by atoms with E-state index >= 15 is 0 Å². The van der Waals surface area contributed by atoms with Crippen molar-refractivity contribution >= 4 is 17.0 Å². The molecular formula is C14H15N3S. The fourth-order valence-corrected chi connectivity index (χ4v) is 2.85. The minimum Gasteiger partial charge on any atom is -0.307 e. The maximum atomic E-state index is 4.61. The zero-order chi connectivity index (χ0) is 12.4. The summed E-state index contributed by atoms with van der Waals surface area (Å²) in [5.41, 5.74) is 2.12. The van der Waals surface area contributed by atoms with Gasteiger partial charge in [0.25, 0.3) is 0 Å². The fourth-order valence-electron chi connectivity index (χ4n) is 2.06. The van der Waals surface area contributed by atoms with Crippen molar-refractivity contribution < 1.29 is 0 Å². The SMILES string of the molecule is CN(Cc1cn2ccccc2n1)Cc1cccs1. The van der Waals surface area contributed by atoms with Gasteiger partial charge in [-0.25, -0.2) is 4.98 Å². The van der Waals surface area contributed by atoms with Gasteiger partial charge in [0.15, 0.2) is 0 Å². The summed E-state index contributed by atoms with van der Waals surface area (Å²) in [4.78, 5) is 8.28. The van der Waals surface area contributed by atoms with Gasteiger partial charge >= 0.3 is 0 Å². The van der Waals surface area contributed by atoms with E-state index < -0.39 is 0 Å². The van der Waals surface area contributed by atoms with E-state index in [2.05, 4.69) is 45.0 Å². The van der Waals surface area contributed by atoms with E-state index in [4.69, 9.17) is 0 Å². The normalized spacial score (nSPS) is 11.4. The molecule has 0 saturated carbocycles. The molecule has 0 N–H and O–H groups in total. The van der Waals surface area contributed by atoms with Crippen LogP contribution in [0.4, 0.5) is 0 Å². The molecule has 0 unspecified atom stereocenters. The minimum absolute atomic E-state index is 0.875. The van der Waals surface area contributed by atoms with Crippen molar-refractivity contribution in [2.75, 3.05) is 7.05 Å². The highest BCUT2D eigenvalue weighted by Crippen LogP contribution is 2.13. The Morgan fingerprint density at radius 1 is 1.22 bits per heavy atom. The van der Waals surface area contributed by atoms with Gasteiger partial charge in [-0.3, -0.25) is 4.90 Å². The van der Waals surface area contributed by atoms with Crippen LogP contribution in [-0.4, -0.2) is 21.3 Å². The van der Waals surface area contributed by atoms with Crippen LogP contribution >= 0.6 is 11.3 Å². The molecule has 3 heterocycles. The quantitative estimate of drug-likeness (QED) is 0.716. The molecule has 0 bridgehead atoms. The molecule has 3 nitrogen and oxygen atoms in total. The highest BCUT2D eigenvalue weighted by Gasteiger charge is 2.06. The Hall–Kier alpha value is -1.65. The molecule has 0 atom stereocenters. The standard InChI is InChI=1S/C14H15N3S/c1-16(11-13-5-4-8-18-13)9-12-10-17-7-3-2-6-14(17)15-12/h2-8,10H,9,11H2,1H3. The minimum atomic E-state index is 0.875. The third-order valence-electron chi connectivity index (χ3n) is 2.85. The average molecular weight is 257 g/mol. The molecule has 3 aromatic rings. The molecule has 92 valence electrons. The van der Waals surface area contributed by atoms with E-state index in [1.807, 2.05) is 24.4 Å². The molecule has 0 saturated heterocycles. The number of hydrogen-bond acceptors (Lipinski definition) is 3. The summed E-state index contributed by atoms with van der Waals surface area (Å²) in [5.74, 6) is 0. The summed E-state index contributed by atoms with van der Waals surface area (Å²) in [6.45, 7) is 1.85. The number of imidazole rings is 1. The Bertz CT molecular complexity index is 594. The van der Waals surface area contributed by atoms with Crippen LogP contribution in [0.25, 0.3) is 5.65 Å². The molecule has 0 radical (unpaired) electrons. The van der Waals surface area contributed by atoms with E-state index in [1.54, 1.807) is 11.3 Å². The van der Waals surface area contributed by atoms with Crippen molar-refractivity contribution in [1.82, 2.24) is 14.3 Å².